The normalized spacial score (nSPS) is 11.2. The molecule has 0 aliphatic rings. The fraction of sp³-hybridized carbons (Fsp3) is 0.500. The van der Waals surface area contributed by atoms with E-state index in [0.717, 1.165) is 41.5 Å². The summed E-state index contributed by atoms with van der Waals surface area (Å²) in [7, 11) is 0. The van der Waals surface area contributed by atoms with Gasteiger partial charge in [0.05, 0.1) is 0 Å². The van der Waals surface area contributed by atoms with Crippen molar-refractivity contribution < 1.29 is 0 Å². The van der Waals surface area contributed by atoms with Crippen molar-refractivity contribution in [2.75, 3.05) is 19.3 Å². The summed E-state index contributed by atoms with van der Waals surface area (Å²) in [6, 6.07) is 8.52. The Kier molecular flexibility index (Phi) is 6.67. The predicted molar refractivity (Wildman–Crippen MR) is 93.2 cm³/mol. The van der Waals surface area contributed by atoms with Crippen LogP contribution in [-0.4, -0.2) is 29.5 Å². The van der Waals surface area contributed by atoms with Crippen molar-refractivity contribution in [3.05, 3.63) is 29.3 Å². The maximum Gasteiger partial charge on any atom is 0.147 e. The minimum Gasteiger partial charge on any atom is -0.316 e. The Balaban J connectivity index is 1.83. The van der Waals surface area contributed by atoms with Crippen LogP contribution in [0.2, 0.25) is 0 Å². The lowest BCUT2D eigenvalue weighted by atomic mass is 10.2. The van der Waals surface area contributed by atoms with Gasteiger partial charge in [-0.1, -0.05) is 37.3 Å². The number of hydrogen-bond acceptors (Lipinski definition) is 5. The van der Waals surface area contributed by atoms with Crippen molar-refractivity contribution in [3.63, 3.8) is 0 Å². The molecule has 0 atom stereocenters. The second kappa shape index (κ2) is 8.51. The number of rotatable bonds is 8. The largest absolute Gasteiger partial charge is 0.316 e. The number of benzene rings is 1. The first-order chi connectivity index (χ1) is 10.2. The highest BCUT2D eigenvalue weighted by molar-refractivity contribution is 7.98. The zero-order chi connectivity index (χ0) is 15.1. The Bertz CT molecular complexity index is 535. The second-order valence-corrected chi connectivity index (χ2v) is 7.37. The first kappa shape index (κ1) is 16.5. The Morgan fingerprint density at radius 3 is 2.62 bits per heavy atom. The fourth-order valence-corrected chi connectivity index (χ4v) is 3.26. The molecule has 1 N–H and O–H groups in total. The summed E-state index contributed by atoms with van der Waals surface area (Å²) >= 11 is 3.46. The predicted octanol–water partition coefficient (Wildman–Crippen LogP) is 4.11. The highest BCUT2D eigenvalue weighted by Crippen LogP contribution is 2.26. The molecular weight excluding hydrogens is 298 g/mol. The van der Waals surface area contributed by atoms with E-state index in [0.29, 0.717) is 5.92 Å². The highest BCUT2D eigenvalue weighted by atomic mass is 32.2. The van der Waals surface area contributed by atoms with Gasteiger partial charge in [0.1, 0.15) is 10.0 Å². The molecule has 0 amide bonds. The molecule has 21 heavy (non-hydrogen) atoms. The molecule has 0 saturated heterocycles. The van der Waals surface area contributed by atoms with Crippen molar-refractivity contribution in [2.45, 2.75) is 31.6 Å². The smallest absolute Gasteiger partial charge is 0.147 e. The average Bonchev–Trinajstić information content (AvgIpc) is 2.95. The van der Waals surface area contributed by atoms with E-state index in [2.05, 4.69) is 59.9 Å². The van der Waals surface area contributed by atoms with Crippen molar-refractivity contribution in [1.29, 1.82) is 0 Å². The maximum absolute atomic E-state index is 4.31. The lowest BCUT2D eigenvalue weighted by Gasteiger charge is -2.05. The molecule has 1 aromatic heterocycles. The van der Waals surface area contributed by atoms with Gasteiger partial charge >= 0.3 is 0 Å². The number of aryl methyl sites for hydroxylation is 1. The van der Waals surface area contributed by atoms with Crippen LogP contribution in [0.3, 0.4) is 0 Å². The molecule has 0 spiro atoms. The van der Waals surface area contributed by atoms with Gasteiger partial charge in [0.15, 0.2) is 0 Å². The fourth-order valence-electron chi connectivity index (χ4n) is 1.96. The maximum atomic E-state index is 4.31. The summed E-state index contributed by atoms with van der Waals surface area (Å²) < 4.78 is 0. The van der Waals surface area contributed by atoms with Crippen LogP contribution >= 0.6 is 23.1 Å². The third-order valence-corrected chi connectivity index (χ3v) is 4.88. The van der Waals surface area contributed by atoms with Crippen LogP contribution in [0.15, 0.2) is 29.2 Å². The lowest BCUT2D eigenvalue weighted by Crippen LogP contribution is -2.21. The first-order valence-electron chi connectivity index (χ1n) is 7.36. The Morgan fingerprint density at radius 2 is 1.95 bits per heavy atom. The van der Waals surface area contributed by atoms with E-state index in [1.54, 1.807) is 23.1 Å². The van der Waals surface area contributed by atoms with Gasteiger partial charge in [0.2, 0.25) is 0 Å². The van der Waals surface area contributed by atoms with Crippen molar-refractivity contribution >= 4 is 23.1 Å². The summed E-state index contributed by atoms with van der Waals surface area (Å²) in [5, 5.41) is 14.2. The Morgan fingerprint density at radius 1 is 1.19 bits per heavy atom. The zero-order valence-electron chi connectivity index (χ0n) is 12.9. The van der Waals surface area contributed by atoms with Gasteiger partial charge in [-0.3, -0.25) is 0 Å². The van der Waals surface area contributed by atoms with E-state index in [9.17, 15) is 0 Å². The molecular formula is C16H23N3S2. The third kappa shape index (κ3) is 5.41. The van der Waals surface area contributed by atoms with E-state index in [-0.39, 0.29) is 0 Å². The van der Waals surface area contributed by atoms with Crippen LogP contribution in [0, 0.1) is 5.92 Å². The summed E-state index contributed by atoms with van der Waals surface area (Å²) in [5.74, 6) is 0.711. The Labute approximate surface area is 135 Å². The average molecular weight is 322 g/mol. The molecule has 0 aliphatic carbocycles. The third-order valence-electron chi connectivity index (χ3n) is 3.10. The van der Waals surface area contributed by atoms with Gasteiger partial charge in [-0.05, 0) is 43.8 Å². The monoisotopic (exact) mass is 321 g/mol. The van der Waals surface area contributed by atoms with Gasteiger partial charge in [-0.2, -0.15) is 0 Å². The minimum atomic E-state index is 0.711. The molecule has 2 rings (SSSR count). The standard InChI is InChI=1S/C16H23N3S2/c1-12(2)11-17-10-4-5-15-18-19-16(21-15)13-6-8-14(20-3)9-7-13/h6-9,12,17H,4-5,10-11H2,1-3H3. The summed E-state index contributed by atoms with van der Waals surface area (Å²) in [5.41, 5.74) is 1.16. The molecule has 3 nitrogen and oxygen atoms in total. The topological polar surface area (TPSA) is 37.8 Å². The number of aromatic nitrogens is 2. The van der Waals surface area contributed by atoms with Gasteiger partial charge in [0, 0.05) is 16.9 Å². The number of nitrogens with one attached hydrogen (secondary N) is 1. The molecule has 2 aromatic rings. The highest BCUT2D eigenvalue weighted by Gasteiger charge is 2.06. The SMILES string of the molecule is CSc1ccc(-c2nnc(CCCNCC(C)C)s2)cc1. The van der Waals surface area contributed by atoms with Gasteiger partial charge < -0.3 is 5.32 Å². The van der Waals surface area contributed by atoms with Crippen molar-refractivity contribution in [2.24, 2.45) is 5.92 Å². The molecule has 5 heteroatoms. The molecule has 0 fully saturated rings. The summed E-state index contributed by atoms with van der Waals surface area (Å²) in [6.45, 7) is 6.59. The van der Waals surface area contributed by atoms with E-state index in [4.69, 9.17) is 0 Å². The summed E-state index contributed by atoms with van der Waals surface area (Å²) in [6.07, 6.45) is 4.21. The van der Waals surface area contributed by atoms with E-state index in [1.165, 1.54) is 4.90 Å². The van der Waals surface area contributed by atoms with Crippen LogP contribution in [-0.2, 0) is 6.42 Å². The van der Waals surface area contributed by atoms with Gasteiger partial charge in [-0.15, -0.1) is 22.0 Å². The van der Waals surface area contributed by atoms with Crippen molar-refractivity contribution in [1.82, 2.24) is 15.5 Å². The lowest BCUT2D eigenvalue weighted by molar-refractivity contribution is 0.542. The van der Waals surface area contributed by atoms with Crippen LogP contribution in [0.4, 0.5) is 0 Å². The van der Waals surface area contributed by atoms with Gasteiger partial charge in [-0.25, -0.2) is 0 Å². The van der Waals surface area contributed by atoms with E-state index in [1.807, 2.05) is 0 Å². The second-order valence-electron chi connectivity index (χ2n) is 5.43. The number of hydrogen-bond donors (Lipinski definition) is 1. The molecule has 0 unspecified atom stereocenters. The van der Waals surface area contributed by atoms with Crippen LogP contribution in [0.25, 0.3) is 10.6 Å². The zero-order valence-corrected chi connectivity index (χ0v) is 14.6. The van der Waals surface area contributed by atoms with E-state index < -0.39 is 0 Å². The Hall–Kier alpha value is -0.910. The molecule has 1 aromatic carbocycles. The van der Waals surface area contributed by atoms with Crippen LogP contribution in [0.5, 0.6) is 0 Å². The first-order valence-corrected chi connectivity index (χ1v) is 9.40. The molecule has 0 aliphatic heterocycles. The van der Waals surface area contributed by atoms with Crippen LogP contribution < -0.4 is 5.32 Å². The number of thioether (sulfide) groups is 1. The quantitative estimate of drug-likeness (QED) is 0.586. The van der Waals surface area contributed by atoms with Crippen molar-refractivity contribution in [3.8, 4) is 10.6 Å². The number of nitrogens with zero attached hydrogens (tertiary/aromatic N) is 2. The van der Waals surface area contributed by atoms with Gasteiger partial charge in [0.25, 0.3) is 0 Å². The minimum absolute atomic E-state index is 0.711. The molecule has 114 valence electrons. The molecule has 1 heterocycles. The molecule has 0 radical (unpaired) electrons. The van der Waals surface area contributed by atoms with Crippen LogP contribution in [0.1, 0.15) is 25.3 Å². The van der Waals surface area contributed by atoms with E-state index >= 15 is 0 Å². The molecule has 0 saturated carbocycles. The molecule has 0 bridgehead atoms. The summed E-state index contributed by atoms with van der Waals surface area (Å²) in [4.78, 5) is 1.28.